The van der Waals surface area contributed by atoms with E-state index in [9.17, 15) is 4.79 Å². The smallest absolute Gasteiger partial charge is 0.258 e. The third-order valence-corrected chi connectivity index (χ3v) is 2.61. The van der Waals surface area contributed by atoms with Crippen molar-refractivity contribution in [2.24, 2.45) is 0 Å². The molecule has 6 heteroatoms. The molecule has 1 heterocycles. The van der Waals surface area contributed by atoms with Crippen molar-refractivity contribution in [3.05, 3.63) is 46.7 Å². The minimum atomic E-state index is -0.226. The van der Waals surface area contributed by atoms with Crippen LogP contribution >= 0.6 is 11.6 Å². The van der Waals surface area contributed by atoms with Crippen molar-refractivity contribution in [3.8, 4) is 5.88 Å². The summed E-state index contributed by atoms with van der Waals surface area (Å²) in [5.41, 5.74) is 0.968. The minimum Gasteiger partial charge on any atom is -0.465 e. The van der Waals surface area contributed by atoms with Crippen LogP contribution in [0, 0.1) is 6.92 Å². The van der Waals surface area contributed by atoms with E-state index in [2.05, 4.69) is 10.5 Å². The summed E-state index contributed by atoms with van der Waals surface area (Å²) >= 11 is 5.77. The third kappa shape index (κ3) is 4.30. The number of nitrogens with one attached hydrogen (secondary N) is 1. The Kier molecular flexibility index (Phi) is 4.41. The second-order valence-electron chi connectivity index (χ2n) is 3.97. The van der Waals surface area contributed by atoms with Gasteiger partial charge in [-0.25, -0.2) is 0 Å². The first kappa shape index (κ1) is 13.4. The van der Waals surface area contributed by atoms with Crippen LogP contribution in [0.1, 0.15) is 11.3 Å². The van der Waals surface area contributed by atoms with E-state index in [0.29, 0.717) is 23.2 Å². The van der Waals surface area contributed by atoms with Gasteiger partial charge in [0.2, 0.25) is 0 Å². The lowest BCUT2D eigenvalue weighted by Gasteiger charge is -2.05. The van der Waals surface area contributed by atoms with Gasteiger partial charge in [-0.1, -0.05) is 23.7 Å². The van der Waals surface area contributed by atoms with Crippen LogP contribution in [-0.4, -0.2) is 17.7 Å². The van der Waals surface area contributed by atoms with Gasteiger partial charge in [0.05, 0.1) is 0 Å². The van der Waals surface area contributed by atoms with Crippen molar-refractivity contribution in [2.75, 3.05) is 6.61 Å². The maximum Gasteiger partial charge on any atom is 0.258 e. The largest absolute Gasteiger partial charge is 0.465 e. The number of hydrogen-bond acceptors (Lipinski definition) is 4. The van der Waals surface area contributed by atoms with Gasteiger partial charge in [0.25, 0.3) is 11.8 Å². The van der Waals surface area contributed by atoms with Crippen molar-refractivity contribution >= 4 is 17.5 Å². The second-order valence-corrected chi connectivity index (χ2v) is 4.40. The quantitative estimate of drug-likeness (QED) is 0.913. The van der Waals surface area contributed by atoms with E-state index in [4.69, 9.17) is 20.9 Å². The molecule has 2 rings (SSSR count). The number of halogens is 1. The fraction of sp³-hybridized carbons (Fsp3) is 0.231. The predicted molar refractivity (Wildman–Crippen MR) is 70.0 cm³/mol. The Balaban J connectivity index is 1.74. The Morgan fingerprint density at radius 2 is 2.16 bits per heavy atom. The summed E-state index contributed by atoms with van der Waals surface area (Å²) in [7, 11) is 0. The van der Waals surface area contributed by atoms with Crippen LogP contribution in [0.15, 0.2) is 34.9 Å². The molecule has 100 valence electrons. The molecule has 0 radical (unpaired) electrons. The number of aryl methyl sites for hydroxylation is 1. The van der Waals surface area contributed by atoms with Crippen molar-refractivity contribution in [2.45, 2.75) is 13.5 Å². The molecule has 1 aromatic carbocycles. The summed E-state index contributed by atoms with van der Waals surface area (Å²) in [6.07, 6.45) is 0. The molecule has 2 aromatic rings. The topological polar surface area (TPSA) is 64.4 Å². The molecular weight excluding hydrogens is 268 g/mol. The van der Waals surface area contributed by atoms with Crippen LogP contribution in [0.2, 0.25) is 5.02 Å². The highest BCUT2D eigenvalue weighted by Crippen LogP contribution is 2.10. The SMILES string of the molecule is Cc1cc(OCC(=O)NCc2ccc(Cl)cc2)no1. The summed E-state index contributed by atoms with van der Waals surface area (Å²) < 4.78 is 9.98. The number of aromatic nitrogens is 1. The first-order chi connectivity index (χ1) is 9.13. The lowest BCUT2D eigenvalue weighted by atomic mass is 10.2. The first-order valence-electron chi connectivity index (χ1n) is 5.71. The number of carbonyl (C=O) groups excluding carboxylic acids is 1. The van der Waals surface area contributed by atoms with E-state index < -0.39 is 0 Å². The van der Waals surface area contributed by atoms with Gasteiger partial charge in [-0.2, -0.15) is 0 Å². The van der Waals surface area contributed by atoms with E-state index in [0.717, 1.165) is 5.56 Å². The molecule has 1 N–H and O–H groups in total. The zero-order valence-electron chi connectivity index (χ0n) is 10.4. The third-order valence-electron chi connectivity index (χ3n) is 2.36. The van der Waals surface area contributed by atoms with Crippen LogP contribution < -0.4 is 10.1 Å². The van der Waals surface area contributed by atoms with E-state index in [1.165, 1.54) is 0 Å². The molecule has 0 aliphatic heterocycles. The van der Waals surface area contributed by atoms with Crippen LogP contribution in [0.5, 0.6) is 5.88 Å². The van der Waals surface area contributed by atoms with Crippen molar-refractivity contribution < 1.29 is 14.1 Å². The normalized spacial score (nSPS) is 10.2. The number of ether oxygens (including phenoxy) is 1. The van der Waals surface area contributed by atoms with Gasteiger partial charge in [0, 0.05) is 17.6 Å². The number of nitrogens with zero attached hydrogens (tertiary/aromatic N) is 1. The zero-order valence-corrected chi connectivity index (χ0v) is 11.1. The lowest BCUT2D eigenvalue weighted by Crippen LogP contribution is -2.28. The lowest BCUT2D eigenvalue weighted by molar-refractivity contribution is -0.123. The van der Waals surface area contributed by atoms with Crippen LogP contribution in [0.4, 0.5) is 0 Å². The molecule has 0 aliphatic carbocycles. The summed E-state index contributed by atoms with van der Waals surface area (Å²) in [4.78, 5) is 11.5. The fourth-order valence-corrected chi connectivity index (χ4v) is 1.53. The average Bonchev–Trinajstić information content (AvgIpc) is 2.81. The van der Waals surface area contributed by atoms with E-state index >= 15 is 0 Å². The Labute approximate surface area is 115 Å². The number of hydrogen-bond donors (Lipinski definition) is 1. The van der Waals surface area contributed by atoms with Crippen molar-refractivity contribution in [1.82, 2.24) is 10.5 Å². The molecule has 5 nitrogen and oxygen atoms in total. The Hall–Kier alpha value is -2.01. The van der Waals surface area contributed by atoms with E-state index in [1.807, 2.05) is 12.1 Å². The van der Waals surface area contributed by atoms with Gasteiger partial charge in [-0.15, -0.1) is 0 Å². The van der Waals surface area contributed by atoms with Gasteiger partial charge in [0.1, 0.15) is 5.76 Å². The Morgan fingerprint density at radius 3 is 2.79 bits per heavy atom. The number of amides is 1. The van der Waals surface area contributed by atoms with Gasteiger partial charge < -0.3 is 14.6 Å². The molecule has 1 aromatic heterocycles. The highest BCUT2D eigenvalue weighted by Gasteiger charge is 2.05. The number of benzene rings is 1. The summed E-state index contributed by atoms with van der Waals surface area (Å²) in [6.45, 7) is 2.08. The second kappa shape index (κ2) is 6.24. The van der Waals surface area contributed by atoms with Crippen molar-refractivity contribution in [1.29, 1.82) is 0 Å². The highest BCUT2D eigenvalue weighted by molar-refractivity contribution is 6.30. The number of carbonyl (C=O) groups is 1. The van der Waals surface area contributed by atoms with Gasteiger partial charge in [-0.3, -0.25) is 4.79 Å². The van der Waals surface area contributed by atoms with E-state index in [1.54, 1.807) is 25.1 Å². The fourth-order valence-electron chi connectivity index (χ4n) is 1.41. The molecule has 1 amide bonds. The minimum absolute atomic E-state index is 0.0977. The van der Waals surface area contributed by atoms with Crippen LogP contribution in [0.3, 0.4) is 0 Å². The Bertz CT molecular complexity index is 551. The predicted octanol–water partition coefficient (Wildman–Crippen LogP) is 2.33. The molecule has 0 bridgehead atoms. The average molecular weight is 281 g/mol. The van der Waals surface area contributed by atoms with Crippen LogP contribution in [0.25, 0.3) is 0 Å². The first-order valence-corrected chi connectivity index (χ1v) is 6.08. The van der Waals surface area contributed by atoms with Gasteiger partial charge >= 0.3 is 0 Å². The standard InChI is InChI=1S/C13H13ClN2O3/c1-9-6-13(16-19-9)18-8-12(17)15-7-10-2-4-11(14)5-3-10/h2-6H,7-8H2,1H3,(H,15,17). The van der Waals surface area contributed by atoms with Crippen LogP contribution in [-0.2, 0) is 11.3 Å². The molecule has 0 spiro atoms. The monoisotopic (exact) mass is 280 g/mol. The highest BCUT2D eigenvalue weighted by atomic mass is 35.5. The molecular formula is C13H13ClN2O3. The molecule has 0 atom stereocenters. The summed E-state index contributed by atoms with van der Waals surface area (Å²) in [5, 5.41) is 7.02. The summed E-state index contributed by atoms with van der Waals surface area (Å²) in [6, 6.07) is 8.87. The maximum absolute atomic E-state index is 11.5. The maximum atomic E-state index is 11.5. The van der Waals surface area contributed by atoms with E-state index in [-0.39, 0.29) is 12.5 Å². The molecule has 0 saturated heterocycles. The molecule has 0 saturated carbocycles. The molecule has 0 unspecified atom stereocenters. The Morgan fingerprint density at radius 1 is 1.42 bits per heavy atom. The zero-order chi connectivity index (χ0) is 13.7. The van der Waals surface area contributed by atoms with Gasteiger partial charge in [-0.05, 0) is 29.8 Å². The molecule has 0 fully saturated rings. The van der Waals surface area contributed by atoms with Gasteiger partial charge in [0.15, 0.2) is 6.61 Å². The number of rotatable bonds is 5. The molecule has 0 aliphatic rings. The van der Waals surface area contributed by atoms with Crippen molar-refractivity contribution in [3.63, 3.8) is 0 Å². The molecule has 19 heavy (non-hydrogen) atoms. The summed E-state index contributed by atoms with van der Waals surface area (Å²) in [5.74, 6) is 0.714.